The number of amides is 1. The molecular weight excluding hydrogens is 460 g/mol. The number of benzene rings is 4. The maximum atomic E-state index is 13.8. The average Bonchev–Trinajstić information content (AvgIpc) is 2.96. The summed E-state index contributed by atoms with van der Waals surface area (Å²) in [4.78, 5) is 26.5. The topological polar surface area (TPSA) is 79.2 Å². The fourth-order valence-corrected chi connectivity index (χ4v) is 4.82. The summed E-state index contributed by atoms with van der Waals surface area (Å²) in [6.07, 6.45) is 0.218. The van der Waals surface area contributed by atoms with Crippen molar-refractivity contribution in [1.29, 1.82) is 5.26 Å². The van der Waals surface area contributed by atoms with E-state index in [1.165, 1.54) is 7.11 Å². The number of rotatable bonds is 9. The molecule has 0 saturated heterocycles. The zero-order valence-corrected chi connectivity index (χ0v) is 20.6. The van der Waals surface area contributed by atoms with Crippen LogP contribution >= 0.6 is 0 Å². The summed E-state index contributed by atoms with van der Waals surface area (Å²) in [5.41, 5.74) is 3.23. The molecule has 0 spiro atoms. The molecule has 5 nitrogen and oxygen atoms in total. The smallest absolute Gasteiger partial charge is 0.328 e. The van der Waals surface area contributed by atoms with Gasteiger partial charge in [-0.25, -0.2) is 4.79 Å². The fourth-order valence-electron chi connectivity index (χ4n) is 4.82. The van der Waals surface area contributed by atoms with Crippen LogP contribution in [0.4, 0.5) is 0 Å². The van der Waals surface area contributed by atoms with Crippen molar-refractivity contribution in [1.82, 2.24) is 5.32 Å². The summed E-state index contributed by atoms with van der Waals surface area (Å²) >= 11 is 0. The summed E-state index contributed by atoms with van der Waals surface area (Å²) in [6, 6.07) is 38.0. The lowest BCUT2D eigenvalue weighted by atomic mass is 9.67. The first kappa shape index (κ1) is 25.4. The van der Waals surface area contributed by atoms with E-state index in [9.17, 15) is 14.9 Å². The molecule has 1 amide bonds. The predicted octanol–water partition coefficient (Wildman–Crippen LogP) is 5.18. The number of esters is 1. The molecule has 0 heterocycles. The van der Waals surface area contributed by atoms with E-state index in [-0.39, 0.29) is 18.7 Å². The Hall–Kier alpha value is -4.69. The first-order chi connectivity index (χ1) is 18.1. The molecule has 5 heteroatoms. The van der Waals surface area contributed by atoms with E-state index in [4.69, 9.17) is 4.74 Å². The van der Waals surface area contributed by atoms with Crippen LogP contribution in [0.5, 0.6) is 0 Å². The molecule has 0 radical (unpaired) electrons. The van der Waals surface area contributed by atoms with Gasteiger partial charge in [-0.05, 0) is 28.3 Å². The maximum Gasteiger partial charge on any atom is 0.328 e. The third-order valence-electron chi connectivity index (χ3n) is 6.61. The number of nitrogens with one attached hydrogen (secondary N) is 1. The molecule has 37 heavy (non-hydrogen) atoms. The van der Waals surface area contributed by atoms with Crippen molar-refractivity contribution < 1.29 is 14.3 Å². The monoisotopic (exact) mass is 488 g/mol. The minimum atomic E-state index is -0.938. The Balaban J connectivity index is 1.75. The third-order valence-corrected chi connectivity index (χ3v) is 6.61. The molecule has 0 aliphatic carbocycles. The van der Waals surface area contributed by atoms with E-state index in [2.05, 4.69) is 11.4 Å². The molecule has 0 bridgehead atoms. The van der Waals surface area contributed by atoms with Gasteiger partial charge in [-0.1, -0.05) is 109 Å². The van der Waals surface area contributed by atoms with Gasteiger partial charge in [0.25, 0.3) is 0 Å². The van der Waals surface area contributed by atoms with E-state index in [0.717, 1.165) is 16.7 Å². The number of ether oxygens (including phenoxy) is 1. The number of hydrogen-bond donors (Lipinski definition) is 1. The molecule has 1 N–H and O–H groups in total. The van der Waals surface area contributed by atoms with Crippen LogP contribution in [0.1, 0.15) is 34.2 Å². The highest BCUT2D eigenvalue weighted by atomic mass is 16.5. The Morgan fingerprint density at radius 1 is 0.784 bits per heavy atom. The molecule has 4 aromatic carbocycles. The third kappa shape index (κ3) is 5.60. The first-order valence-electron chi connectivity index (χ1n) is 12.1. The number of nitriles is 1. The van der Waals surface area contributed by atoms with Gasteiger partial charge in [-0.3, -0.25) is 4.79 Å². The standard InChI is InChI=1S/C32H28N2O3/c1-37-31(36)29(21-24-13-11-12-14-25(24)23-33)34-30(35)22-32(26-15-5-2-6-16-26,27-17-7-3-8-18-27)28-19-9-4-10-20-28/h2-20,29H,21-22H2,1H3,(H,34,35)/t29-/m1/s1. The van der Waals surface area contributed by atoms with Crippen molar-refractivity contribution in [3.8, 4) is 6.07 Å². The van der Waals surface area contributed by atoms with Crippen LogP contribution in [0.15, 0.2) is 115 Å². The number of methoxy groups -OCH3 is 1. The minimum Gasteiger partial charge on any atom is -0.467 e. The van der Waals surface area contributed by atoms with Gasteiger partial charge in [0.15, 0.2) is 0 Å². The molecule has 0 aromatic heterocycles. The van der Waals surface area contributed by atoms with E-state index in [0.29, 0.717) is 11.1 Å². The zero-order valence-electron chi connectivity index (χ0n) is 20.6. The van der Waals surface area contributed by atoms with Gasteiger partial charge in [0.05, 0.1) is 24.2 Å². The lowest BCUT2D eigenvalue weighted by Crippen LogP contribution is -2.46. The average molecular weight is 489 g/mol. The highest BCUT2D eigenvalue weighted by Crippen LogP contribution is 2.42. The van der Waals surface area contributed by atoms with Crippen LogP contribution in [0.2, 0.25) is 0 Å². The van der Waals surface area contributed by atoms with Crippen molar-refractivity contribution in [2.24, 2.45) is 0 Å². The molecule has 0 fully saturated rings. The predicted molar refractivity (Wildman–Crippen MR) is 143 cm³/mol. The summed E-state index contributed by atoms with van der Waals surface area (Å²) in [6.45, 7) is 0. The van der Waals surface area contributed by atoms with Crippen LogP contribution in [0, 0.1) is 11.3 Å². The summed E-state index contributed by atoms with van der Waals surface area (Å²) in [7, 11) is 1.29. The van der Waals surface area contributed by atoms with Crippen molar-refractivity contribution in [3.63, 3.8) is 0 Å². The van der Waals surface area contributed by atoms with Crippen LogP contribution in [-0.2, 0) is 26.2 Å². The SMILES string of the molecule is COC(=O)[C@@H](Cc1ccccc1C#N)NC(=O)CC(c1ccccc1)(c1ccccc1)c1ccccc1. The Morgan fingerprint density at radius 3 is 1.70 bits per heavy atom. The quantitative estimate of drug-likeness (QED) is 0.260. The van der Waals surface area contributed by atoms with Gasteiger partial charge in [-0.2, -0.15) is 5.26 Å². The van der Waals surface area contributed by atoms with E-state index in [1.807, 2.05) is 91.0 Å². The Kier molecular flexibility index (Phi) is 8.12. The molecular formula is C32H28N2O3. The molecule has 4 aromatic rings. The number of carbonyl (C=O) groups excluding carboxylic acids is 2. The first-order valence-corrected chi connectivity index (χ1v) is 12.1. The van der Waals surface area contributed by atoms with Crippen LogP contribution < -0.4 is 5.32 Å². The van der Waals surface area contributed by atoms with Crippen molar-refractivity contribution in [2.75, 3.05) is 7.11 Å². The maximum absolute atomic E-state index is 13.8. The van der Waals surface area contributed by atoms with Crippen molar-refractivity contribution in [3.05, 3.63) is 143 Å². The molecule has 0 saturated carbocycles. The van der Waals surface area contributed by atoms with E-state index in [1.54, 1.807) is 24.3 Å². The van der Waals surface area contributed by atoms with Crippen molar-refractivity contribution >= 4 is 11.9 Å². The van der Waals surface area contributed by atoms with Crippen LogP contribution in [-0.4, -0.2) is 25.0 Å². The highest BCUT2D eigenvalue weighted by molar-refractivity contribution is 5.86. The van der Waals surface area contributed by atoms with Gasteiger partial charge in [0, 0.05) is 12.8 Å². The second kappa shape index (κ2) is 11.8. The normalized spacial score (nSPS) is 11.7. The fraction of sp³-hybridized carbons (Fsp3) is 0.156. The lowest BCUT2D eigenvalue weighted by Gasteiger charge is -2.36. The van der Waals surface area contributed by atoms with Crippen LogP contribution in [0.3, 0.4) is 0 Å². The number of nitrogens with zero attached hydrogens (tertiary/aromatic N) is 1. The molecule has 0 aliphatic rings. The number of carbonyl (C=O) groups is 2. The van der Waals surface area contributed by atoms with Crippen LogP contribution in [0.25, 0.3) is 0 Å². The van der Waals surface area contributed by atoms with Gasteiger partial charge in [0.2, 0.25) is 5.91 Å². The summed E-state index contributed by atoms with van der Waals surface area (Å²) in [5, 5.41) is 12.4. The van der Waals surface area contributed by atoms with Crippen molar-refractivity contribution in [2.45, 2.75) is 24.3 Å². The van der Waals surface area contributed by atoms with Gasteiger partial charge < -0.3 is 10.1 Å². The Bertz CT molecular complexity index is 1280. The number of hydrogen-bond acceptors (Lipinski definition) is 4. The van der Waals surface area contributed by atoms with Gasteiger partial charge in [0.1, 0.15) is 6.04 Å². The summed E-state index contributed by atoms with van der Waals surface area (Å²) in [5.74, 6) is -0.868. The zero-order chi connectivity index (χ0) is 26.1. The Morgan fingerprint density at radius 2 is 1.24 bits per heavy atom. The second-order valence-corrected chi connectivity index (χ2v) is 8.80. The van der Waals surface area contributed by atoms with Gasteiger partial charge >= 0.3 is 5.97 Å². The molecule has 184 valence electrons. The largest absolute Gasteiger partial charge is 0.467 e. The molecule has 0 unspecified atom stereocenters. The highest BCUT2D eigenvalue weighted by Gasteiger charge is 2.39. The van der Waals surface area contributed by atoms with E-state index < -0.39 is 17.4 Å². The van der Waals surface area contributed by atoms with Gasteiger partial charge in [-0.15, -0.1) is 0 Å². The Labute approximate surface area is 217 Å². The molecule has 0 aliphatic heterocycles. The van der Waals surface area contributed by atoms with E-state index >= 15 is 0 Å². The summed E-state index contributed by atoms with van der Waals surface area (Å²) < 4.78 is 5.01. The molecule has 1 atom stereocenters. The second-order valence-electron chi connectivity index (χ2n) is 8.80. The minimum absolute atomic E-state index is 0.0679. The molecule has 4 rings (SSSR count). The lowest BCUT2D eigenvalue weighted by molar-refractivity contribution is -0.145.